The summed E-state index contributed by atoms with van der Waals surface area (Å²) in [4.78, 5) is 22.4. The maximum atomic E-state index is 11.9. The van der Waals surface area contributed by atoms with E-state index in [0.717, 1.165) is 11.4 Å². The summed E-state index contributed by atoms with van der Waals surface area (Å²) in [6.45, 7) is 0.981. The Kier molecular flexibility index (Phi) is 4.78. The number of hydrogen-bond acceptors (Lipinski definition) is 5. The second kappa shape index (κ2) is 6.76. The molecular weight excluding hydrogens is 260 g/mol. The molecule has 0 radical (unpaired) electrons. The van der Waals surface area contributed by atoms with Gasteiger partial charge < -0.3 is 26.4 Å². The van der Waals surface area contributed by atoms with Crippen LogP contribution in [-0.4, -0.2) is 44.2 Å². The van der Waals surface area contributed by atoms with Gasteiger partial charge in [0.2, 0.25) is 11.8 Å². The first-order valence-electron chi connectivity index (χ1n) is 6.40. The van der Waals surface area contributed by atoms with E-state index in [1.807, 2.05) is 24.3 Å². The van der Waals surface area contributed by atoms with Crippen molar-refractivity contribution in [1.29, 1.82) is 0 Å². The van der Waals surface area contributed by atoms with Gasteiger partial charge in [-0.3, -0.25) is 9.59 Å². The minimum atomic E-state index is -0.522. The van der Waals surface area contributed by atoms with Crippen LogP contribution in [0.1, 0.15) is 0 Å². The standard InChI is InChI=1S/C13H18N4O3/c14-12(18)8-20-6-5-15-13(19)11-7-16-9-3-1-2-4-10(9)17-11/h1-4,11,16-17H,5-8H2,(H2,14,18)(H,15,19). The van der Waals surface area contributed by atoms with Gasteiger partial charge in [-0.2, -0.15) is 0 Å². The second-order valence-electron chi connectivity index (χ2n) is 4.43. The van der Waals surface area contributed by atoms with E-state index in [4.69, 9.17) is 10.5 Å². The Morgan fingerprint density at radius 1 is 1.35 bits per heavy atom. The number of carbonyl (C=O) groups excluding carboxylic acids is 2. The minimum absolute atomic E-state index is 0.116. The number of amides is 2. The zero-order valence-corrected chi connectivity index (χ0v) is 11.0. The molecule has 1 atom stereocenters. The predicted molar refractivity (Wildman–Crippen MR) is 75.4 cm³/mol. The summed E-state index contributed by atoms with van der Waals surface area (Å²) < 4.78 is 4.96. The molecule has 2 rings (SSSR count). The van der Waals surface area contributed by atoms with Gasteiger partial charge in [-0.05, 0) is 12.1 Å². The molecule has 20 heavy (non-hydrogen) atoms. The smallest absolute Gasteiger partial charge is 0.244 e. The highest BCUT2D eigenvalue weighted by Crippen LogP contribution is 2.24. The summed E-state index contributed by atoms with van der Waals surface area (Å²) in [5.41, 5.74) is 6.82. The Labute approximate surface area is 116 Å². The van der Waals surface area contributed by atoms with Crippen LogP contribution >= 0.6 is 0 Å². The Balaban J connectivity index is 1.73. The number of anilines is 2. The van der Waals surface area contributed by atoms with E-state index in [2.05, 4.69) is 16.0 Å². The zero-order valence-electron chi connectivity index (χ0n) is 11.0. The number of carbonyl (C=O) groups is 2. The second-order valence-corrected chi connectivity index (χ2v) is 4.43. The van der Waals surface area contributed by atoms with Gasteiger partial charge in [0, 0.05) is 13.1 Å². The Bertz CT molecular complexity index is 492. The normalized spacial score (nSPS) is 16.5. The van der Waals surface area contributed by atoms with Gasteiger partial charge in [-0.1, -0.05) is 12.1 Å². The van der Waals surface area contributed by atoms with Crippen molar-refractivity contribution >= 4 is 23.2 Å². The summed E-state index contributed by atoms with van der Waals surface area (Å²) >= 11 is 0. The first-order valence-corrected chi connectivity index (χ1v) is 6.40. The molecule has 108 valence electrons. The molecule has 1 aromatic rings. The molecule has 1 aliphatic heterocycles. The summed E-state index contributed by atoms with van der Waals surface area (Å²) in [6.07, 6.45) is 0. The maximum absolute atomic E-state index is 11.9. The van der Waals surface area contributed by atoms with Crippen molar-refractivity contribution < 1.29 is 14.3 Å². The van der Waals surface area contributed by atoms with E-state index in [1.54, 1.807) is 0 Å². The molecule has 5 N–H and O–H groups in total. The Hall–Kier alpha value is -2.28. The third-order valence-corrected chi connectivity index (χ3v) is 2.86. The first-order chi connectivity index (χ1) is 9.66. The topological polar surface area (TPSA) is 105 Å². The lowest BCUT2D eigenvalue weighted by molar-refractivity contribution is -0.122. The van der Waals surface area contributed by atoms with E-state index in [1.165, 1.54) is 0 Å². The number of benzene rings is 1. The van der Waals surface area contributed by atoms with Crippen LogP contribution in [0.2, 0.25) is 0 Å². The number of para-hydroxylation sites is 2. The van der Waals surface area contributed by atoms with Gasteiger partial charge in [0.15, 0.2) is 0 Å². The van der Waals surface area contributed by atoms with Crippen molar-refractivity contribution in [1.82, 2.24) is 5.32 Å². The molecule has 0 bridgehead atoms. The van der Waals surface area contributed by atoms with Gasteiger partial charge in [0.05, 0.1) is 18.0 Å². The van der Waals surface area contributed by atoms with Crippen LogP contribution in [0.5, 0.6) is 0 Å². The lowest BCUT2D eigenvalue weighted by Gasteiger charge is -2.27. The molecule has 0 spiro atoms. The summed E-state index contributed by atoms with van der Waals surface area (Å²) in [7, 11) is 0. The molecule has 0 aliphatic carbocycles. The molecule has 0 saturated carbocycles. The molecule has 1 heterocycles. The summed E-state index contributed by atoms with van der Waals surface area (Å²) in [5.74, 6) is -0.638. The number of nitrogens with one attached hydrogen (secondary N) is 3. The fourth-order valence-corrected chi connectivity index (χ4v) is 1.91. The minimum Gasteiger partial charge on any atom is -0.381 e. The number of ether oxygens (including phenoxy) is 1. The molecule has 7 nitrogen and oxygen atoms in total. The van der Waals surface area contributed by atoms with Crippen molar-refractivity contribution in [3.8, 4) is 0 Å². The molecule has 0 aromatic heterocycles. The van der Waals surface area contributed by atoms with Crippen molar-refractivity contribution in [3.63, 3.8) is 0 Å². The highest BCUT2D eigenvalue weighted by atomic mass is 16.5. The van der Waals surface area contributed by atoms with Crippen LogP contribution in [0.25, 0.3) is 0 Å². The van der Waals surface area contributed by atoms with Crippen LogP contribution in [0.4, 0.5) is 11.4 Å². The summed E-state index contributed by atoms with van der Waals surface area (Å²) in [5, 5.41) is 9.10. The number of primary amides is 1. The number of fused-ring (bicyclic) bond motifs is 1. The number of hydrogen-bond donors (Lipinski definition) is 4. The Morgan fingerprint density at radius 3 is 2.85 bits per heavy atom. The molecular formula is C13H18N4O3. The molecule has 1 unspecified atom stereocenters. The van der Waals surface area contributed by atoms with Crippen LogP contribution in [-0.2, 0) is 14.3 Å². The van der Waals surface area contributed by atoms with E-state index >= 15 is 0 Å². The van der Waals surface area contributed by atoms with Crippen LogP contribution in [0, 0.1) is 0 Å². The van der Waals surface area contributed by atoms with Crippen molar-refractivity contribution in [2.24, 2.45) is 5.73 Å². The van der Waals surface area contributed by atoms with Crippen LogP contribution in [0.3, 0.4) is 0 Å². The van der Waals surface area contributed by atoms with Crippen molar-refractivity contribution in [2.75, 3.05) is 36.9 Å². The Morgan fingerprint density at radius 2 is 2.10 bits per heavy atom. The number of nitrogens with two attached hydrogens (primary N) is 1. The third kappa shape index (κ3) is 3.86. The van der Waals surface area contributed by atoms with E-state index in [9.17, 15) is 9.59 Å². The van der Waals surface area contributed by atoms with Gasteiger partial charge in [0.25, 0.3) is 0 Å². The molecule has 0 fully saturated rings. The molecule has 7 heteroatoms. The van der Waals surface area contributed by atoms with E-state index < -0.39 is 5.91 Å². The fourth-order valence-electron chi connectivity index (χ4n) is 1.91. The zero-order chi connectivity index (χ0) is 14.4. The monoisotopic (exact) mass is 278 g/mol. The summed E-state index contributed by atoms with van der Waals surface area (Å²) in [6, 6.07) is 7.38. The highest BCUT2D eigenvalue weighted by molar-refractivity contribution is 5.88. The van der Waals surface area contributed by atoms with Gasteiger partial charge in [0.1, 0.15) is 12.6 Å². The van der Waals surface area contributed by atoms with E-state index in [-0.39, 0.29) is 25.2 Å². The van der Waals surface area contributed by atoms with Crippen LogP contribution < -0.4 is 21.7 Å². The molecule has 2 amide bonds. The van der Waals surface area contributed by atoms with Crippen molar-refractivity contribution in [3.05, 3.63) is 24.3 Å². The predicted octanol–water partition coefficient (Wildman–Crippen LogP) is -0.489. The van der Waals surface area contributed by atoms with Crippen molar-refractivity contribution in [2.45, 2.75) is 6.04 Å². The maximum Gasteiger partial charge on any atom is 0.244 e. The van der Waals surface area contributed by atoms with Gasteiger partial charge in [-0.25, -0.2) is 0 Å². The fraction of sp³-hybridized carbons (Fsp3) is 0.385. The quantitative estimate of drug-likeness (QED) is 0.526. The molecule has 1 aromatic carbocycles. The van der Waals surface area contributed by atoms with E-state index in [0.29, 0.717) is 13.1 Å². The lowest BCUT2D eigenvalue weighted by atomic mass is 10.1. The van der Waals surface area contributed by atoms with Crippen LogP contribution in [0.15, 0.2) is 24.3 Å². The number of rotatable bonds is 6. The average Bonchev–Trinajstić information content (AvgIpc) is 2.46. The largest absolute Gasteiger partial charge is 0.381 e. The average molecular weight is 278 g/mol. The lowest BCUT2D eigenvalue weighted by Crippen LogP contribution is -2.46. The van der Waals surface area contributed by atoms with Gasteiger partial charge >= 0.3 is 0 Å². The first kappa shape index (κ1) is 14.1. The molecule has 0 saturated heterocycles. The highest BCUT2D eigenvalue weighted by Gasteiger charge is 2.22. The third-order valence-electron chi connectivity index (χ3n) is 2.86. The SMILES string of the molecule is NC(=O)COCCNC(=O)C1CNc2ccccc2N1. The molecule has 1 aliphatic rings. The van der Waals surface area contributed by atoms with Gasteiger partial charge in [-0.15, -0.1) is 0 Å².